The lowest BCUT2D eigenvalue weighted by atomic mass is 10.2. The van der Waals surface area contributed by atoms with Crippen molar-refractivity contribution in [3.05, 3.63) is 33.3 Å². The predicted octanol–water partition coefficient (Wildman–Crippen LogP) is 3.39. The molecule has 1 aromatic rings. The summed E-state index contributed by atoms with van der Waals surface area (Å²) in [6, 6.07) is 4.04. The Hall–Kier alpha value is -1.62. The van der Waals surface area contributed by atoms with Crippen molar-refractivity contribution in [1.29, 1.82) is 0 Å². The standard InChI is InChI=1S/C12H14ClNO4/c1-2-10(15)4-3-7-18-12-6-5-9(14(16)17)8-11(12)13/h5-6,8H,2-4,7H2,1H3. The molecule has 0 N–H and O–H groups in total. The van der Waals surface area contributed by atoms with Gasteiger partial charge in [0.1, 0.15) is 11.5 Å². The number of halogens is 1. The van der Waals surface area contributed by atoms with E-state index in [1.54, 1.807) is 0 Å². The van der Waals surface area contributed by atoms with Crippen LogP contribution in [0.1, 0.15) is 26.2 Å². The number of non-ortho nitro benzene ring substituents is 1. The first-order valence-corrected chi connectivity index (χ1v) is 6.00. The number of ether oxygens (including phenoxy) is 1. The zero-order valence-corrected chi connectivity index (χ0v) is 10.8. The maximum Gasteiger partial charge on any atom is 0.271 e. The number of benzene rings is 1. The fraction of sp³-hybridized carbons (Fsp3) is 0.417. The molecule has 0 atom stereocenters. The molecular weight excluding hydrogens is 258 g/mol. The number of rotatable bonds is 7. The molecule has 0 aliphatic rings. The van der Waals surface area contributed by atoms with E-state index in [4.69, 9.17) is 16.3 Å². The smallest absolute Gasteiger partial charge is 0.271 e. The number of hydrogen-bond acceptors (Lipinski definition) is 4. The topological polar surface area (TPSA) is 69.4 Å². The van der Waals surface area contributed by atoms with Gasteiger partial charge in [0.15, 0.2) is 0 Å². The third-order valence-corrected chi connectivity index (χ3v) is 2.67. The van der Waals surface area contributed by atoms with Crippen LogP contribution in [-0.4, -0.2) is 17.3 Å². The van der Waals surface area contributed by atoms with E-state index >= 15 is 0 Å². The van der Waals surface area contributed by atoms with Gasteiger partial charge in [-0.25, -0.2) is 0 Å². The molecular formula is C12H14ClNO4. The fourth-order valence-electron chi connectivity index (χ4n) is 1.35. The molecule has 0 spiro atoms. The van der Waals surface area contributed by atoms with Crippen molar-refractivity contribution in [3.63, 3.8) is 0 Å². The van der Waals surface area contributed by atoms with Crippen molar-refractivity contribution < 1.29 is 14.5 Å². The van der Waals surface area contributed by atoms with Gasteiger partial charge >= 0.3 is 0 Å². The first-order valence-electron chi connectivity index (χ1n) is 5.63. The van der Waals surface area contributed by atoms with Crippen LogP contribution in [0, 0.1) is 10.1 Å². The van der Waals surface area contributed by atoms with Gasteiger partial charge in [-0.05, 0) is 12.5 Å². The number of nitro benzene ring substituents is 1. The summed E-state index contributed by atoms with van der Waals surface area (Å²) in [5.74, 6) is 0.583. The highest BCUT2D eigenvalue weighted by molar-refractivity contribution is 6.32. The van der Waals surface area contributed by atoms with Gasteiger partial charge in [-0.15, -0.1) is 0 Å². The van der Waals surface area contributed by atoms with Crippen LogP contribution in [0.3, 0.4) is 0 Å². The van der Waals surface area contributed by atoms with Crippen LogP contribution in [0.15, 0.2) is 18.2 Å². The Morgan fingerprint density at radius 1 is 1.50 bits per heavy atom. The molecule has 0 bridgehead atoms. The minimum Gasteiger partial charge on any atom is -0.492 e. The van der Waals surface area contributed by atoms with Crippen LogP contribution in [0.25, 0.3) is 0 Å². The number of carbonyl (C=O) groups excluding carboxylic acids is 1. The quantitative estimate of drug-likeness (QED) is 0.433. The maximum absolute atomic E-state index is 11.1. The SMILES string of the molecule is CCC(=O)CCCOc1ccc([N+](=O)[O-])cc1Cl. The van der Waals surface area contributed by atoms with E-state index < -0.39 is 4.92 Å². The summed E-state index contributed by atoms with van der Waals surface area (Å²) < 4.78 is 5.36. The van der Waals surface area contributed by atoms with Gasteiger partial charge in [-0.1, -0.05) is 18.5 Å². The van der Waals surface area contributed by atoms with Gasteiger partial charge in [0.05, 0.1) is 16.6 Å². The van der Waals surface area contributed by atoms with Crippen molar-refractivity contribution in [2.45, 2.75) is 26.2 Å². The lowest BCUT2D eigenvalue weighted by Crippen LogP contribution is -2.02. The minimum atomic E-state index is -0.518. The average Bonchev–Trinajstić information content (AvgIpc) is 2.35. The van der Waals surface area contributed by atoms with Gasteiger partial charge in [-0.3, -0.25) is 14.9 Å². The first kappa shape index (κ1) is 14.4. The number of nitro groups is 1. The molecule has 0 heterocycles. The van der Waals surface area contributed by atoms with E-state index in [0.29, 0.717) is 31.6 Å². The normalized spacial score (nSPS) is 10.1. The Labute approximate surface area is 110 Å². The van der Waals surface area contributed by atoms with Crippen molar-refractivity contribution >= 4 is 23.1 Å². The highest BCUT2D eigenvalue weighted by Gasteiger charge is 2.10. The maximum atomic E-state index is 11.1. The van der Waals surface area contributed by atoms with Crippen molar-refractivity contribution in [3.8, 4) is 5.75 Å². The van der Waals surface area contributed by atoms with E-state index in [-0.39, 0.29) is 16.5 Å². The van der Waals surface area contributed by atoms with Crippen LogP contribution >= 0.6 is 11.6 Å². The first-order chi connectivity index (χ1) is 8.54. The average molecular weight is 272 g/mol. The molecule has 18 heavy (non-hydrogen) atoms. The lowest BCUT2D eigenvalue weighted by molar-refractivity contribution is -0.384. The molecule has 0 aromatic heterocycles. The zero-order valence-electron chi connectivity index (χ0n) is 10.0. The van der Waals surface area contributed by atoms with E-state index in [1.807, 2.05) is 6.92 Å². The third-order valence-electron chi connectivity index (χ3n) is 2.38. The lowest BCUT2D eigenvalue weighted by Gasteiger charge is -2.07. The molecule has 0 saturated carbocycles. The summed E-state index contributed by atoms with van der Waals surface area (Å²) in [5.41, 5.74) is -0.0755. The molecule has 0 saturated heterocycles. The van der Waals surface area contributed by atoms with Crippen LogP contribution < -0.4 is 4.74 Å². The van der Waals surface area contributed by atoms with Gasteiger partial charge in [-0.2, -0.15) is 0 Å². The summed E-state index contributed by atoms with van der Waals surface area (Å²) in [4.78, 5) is 21.0. The molecule has 1 aromatic carbocycles. The number of hydrogen-bond donors (Lipinski definition) is 0. The molecule has 6 heteroatoms. The van der Waals surface area contributed by atoms with E-state index in [0.717, 1.165) is 0 Å². The van der Waals surface area contributed by atoms with Crippen LogP contribution in [0.5, 0.6) is 5.75 Å². The summed E-state index contributed by atoms with van der Waals surface area (Å²) >= 11 is 5.85. The van der Waals surface area contributed by atoms with E-state index in [9.17, 15) is 14.9 Å². The summed E-state index contributed by atoms with van der Waals surface area (Å²) in [6.45, 7) is 2.18. The van der Waals surface area contributed by atoms with E-state index in [2.05, 4.69) is 0 Å². The third kappa shape index (κ3) is 4.33. The highest BCUT2D eigenvalue weighted by Crippen LogP contribution is 2.28. The zero-order chi connectivity index (χ0) is 13.5. The molecule has 1 rings (SSSR count). The van der Waals surface area contributed by atoms with Crippen LogP contribution in [-0.2, 0) is 4.79 Å². The Bertz CT molecular complexity index is 448. The second kappa shape index (κ2) is 6.96. The van der Waals surface area contributed by atoms with Gasteiger partial charge in [0.2, 0.25) is 0 Å². The number of carbonyl (C=O) groups is 1. The number of ketones is 1. The number of Topliss-reactive ketones (excluding diaryl/α,β-unsaturated/α-hetero) is 1. The summed E-state index contributed by atoms with van der Waals surface area (Å²) in [6.07, 6.45) is 1.61. The predicted molar refractivity (Wildman–Crippen MR) is 68.1 cm³/mol. The Kier molecular flexibility index (Phi) is 5.58. The summed E-state index contributed by atoms with van der Waals surface area (Å²) in [7, 11) is 0. The highest BCUT2D eigenvalue weighted by atomic mass is 35.5. The largest absolute Gasteiger partial charge is 0.492 e. The van der Waals surface area contributed by atoms with Gasteiger partial charge in [0.25, 0.3) is 5.69 Å². The second-order valence-corrected chi connectivity index (χ2v) is 4.12. The molecule has 0 aliphatic heterocycles. The molecule has 0 fully saturated rings. The van der Waals surface area contributed by atoms with Gasteiger partial charge < -0.3 is 4.74 Å². The molecule has 0 radical (unpaired) electrons. The molecule has 0 unspecified atom stereocenters. The minimum absolute atomic E-state index is 0.0755. The molecule has 98 valence electrons. The molecule has 0 aliphatic carbocycles. The van der Waals surface area contributed by atoms with Crippen LogP contribution in [0.4, 0.5) is 5.69 Å². The Morgan fingerprint density at radius 3 is 2.78 bits per heavy atom. The fourth-order valence-corrected chi connectivity index (χ4v) is 1.58. The summed E-state index contributed by atoms with van der Waals surface area (Å²) in [5, 5.41) is 10.7. The monoisotopic (exact) mass is 271 g/mol. The number of nitrogens with zero attached hydrogens (tertiary/aromatic N) is 1. The van der Waals surface area contributed by atoms with Crippen molar-refractivity contribution in [2.75, 3.05) is 6.61 Å². The van der Waals surface area contributed by atoms with E-state index in [1.165, 1.54) is 18.2 Å². The van der Waals surface area contributed by atoms with Crippen LogP contribution in [0.2, 0.25) is 5.02 Å². The van der Waals surface area contributed by atoms with Crippen molar-refractivity contribution in [2.24, 2.45) is 0 Å². The molecule has 0 amide bonds. The van der Waals surface area contributed by atoms with Gasteiger partial charge in [0, 0.05) is 25.0 Å². The second-order valence-electron chi connectivity index (χ2n) is 3.72. The Balaban J connectivity index is 2.48. The van der Waals surface area contributed by atoms with Crippen molar-refractivity contribution in [1.82, 2.24) is 0 Å². The Morgan fingerprint density at radius 2 is 2.22 bits per heavy atom. The molecule has 5 nitrogen and oxygen atoms in total.